The third kappa shape index (κ3) is 6.11. The molecule has 0 fully saturated rings. The molecule has 2 nitrogen and oxygen atoms in total. The Morgan fingerprint density at radius 1 is 0.477 bits per heavy atom. The molecule has 0 radical (unpaired) electrons. The maximum Gasteiger partial charge on any atom is 0.311 e. The van der Waals surface area contributed by atoms with Gasteiger partial charge in [-0.25, -0.2) is 0 Å². The normalized spacial score (nSPS) is 12.0. The summed E-state index contributed by atoms with van der Waals surface area (Å²) in [7, 11) is 0. The van der Waals surface area contributed by atoms with Gasteiger partial charge in [-0.15, -0.1) is 0 Å². The Morgan fingerprint density at radius 3 is 1.20 bits per heavy atom. The fraction of sp³-hybridized carbons (Fsp3) is 0.119. The fourth-order valence-electron chi connectivity index (χ4n) is 6.46. The van der Waals surface area contributed by atoms with Gasteiger partial charge in [0, 0.05) is 0 Å². The smallest absolute Gasteiger partial charge is 0.311 e. The van der Waals surface area contributed by atoms with Crippen LogP contribution in [0.1, 0.15) is 45.9 Å². The Morgan fingerprint density at radius 2 is 0.818 bits per heavy atom. The molecule has 6 rings (SSSR count). The van der Waals surface area contributed by atoms with Crippen molar-refractivity contribution >= 4 is 5.97 Å². The van der Waals surface area contributed by atoms with Crippen LogP contribution < -0.4 is 0 Å². The van der Waals surface area contributed by atoms with E-state index in [4.69, 9.17) is 4.74 Å². The lowest BCUT2D eigenvalue weighted by molar-refractivity contribution is -0.154. The first-order chi connectivity index (χ1) is 21.8. The van der Waals surface area contributed by atoms with Crippen molar-refractivity contribution in [1.29, 1.82) is 0 Å². The van der Waals surface area contributed by atoms with Crippen LogP contribution in [0, 0.1) is 5.92 Å². The Hall–Kier alpha value is -5.21. The minimum Gasteiger partial charge on any atom is -0.452 e. The van der Waals surface area contributed by atoms with E-state index in [9.17, 15) is 0 Å². The van der Waals surface area contributed by atoms with Gasteiger partial charge < -0.3 is 4.74 Å². The quantitative estimate of drug-likeness (QED) is 0.114. The van der Waals surface area contributed by atoms with Crippen molar-refractivity contribution in [3.8, 4) is 0 Å². The molecule has 2 heteroatoms. The third-order valence-electron chi connectivity index (χ3n) is 8.50. The van der Waals surface area contributed by atoms with E-state index in [-0.39, 0.29) is 5.97 Å². The molecule has 0 saturated carbocycles. The van der Waals surface area contributed by atoms with Gasteiger partial charge in [-0.1, -0.05) is 182 Å². The highest BCUT2D eigenvalue weighted by Crippen LogP contribution is 2.48. The topological polar surface area (TPSA) is 26.3 Å². The molecule has 0 aliphatic heterocycles. The van der Waals surface area contributed by atoms with Gasteiger partial charge in [-0.2, -0.15) is 0 Å². The summed E-state index contributed by atoms with van der Waals surface area (Å²) in [4.78, 5) is 15.1. The summed E-state index contributed by atoms with van der Waals surface area (Å²) in [5.41, 5.74) is 5.46. The summed E-state index contributed by atoms with van der Waals surface area (Å²) in [6.45, 7) is 0. The Balaban J connectivity index is 1.55. The fourth-order valence-corrected chi connectivity index (χ4v) is 6.46. The minimum absolute atomic E-state index is 0.227. The van der Waals surface area contributed by atoms with Crippen LogP contribution in [0.4, 0.5) is 0 Å². The van der Waals surface area contributed by atoms with E-state index in [0.717, 1.165) is 34.2 Å². The highest BCUT2D eigenvalue weighted by atomic mass is 16.5. The molecule has 0 amide bonds. The number of rotatable bonds is 11. The maximum absolute atomic E-state index is 15.1. The summed E-state index contributed by atoms with van der Waals surface area (Å²) in [6.07, 6.45) is 0.790. The molecule has 0 bridgehead atoms. The van der Waals surface area contributed by atoms with Crippen LogP contribution in [0.2, 0.25) is 0 Å². The van der Waals surface area contributed by atoms with Gasteiger partial charge in [0.2, 0.25) is 0 Å². The molecule has 6 aromatic rings. The lowest BCUT2D eigenvalue weighted by atomic mass is 9.60. The Bertz CT molecular complexity index is 1580. The number of carbonyl (C=O) groups excluding carboxylic acids is 1. The van der Waals surface area contributed by atoms with Crippen LogP contribution in [0.15, 0.2) is 182 Å². The number of benzene rings is 6. The zero-order chi connectivity index (χ0) is 30.0. The lowest BCUT2D eigenvalue weighted by Crippen LogP contribution is -2.43. The molecule has 0 aromatic heterocycles. The Labute approximate surface area is 260 Å². The summed E-state index contributed by atoms with van der Waals surface area (Å²) >= 11 is 0. The van der Waals surface area contributed by atoms with E-state index in [1.165, 1.54) is 5.56 Å². The zero-order valence-corrected chi connectivity index (χ0v) is 24.7. The van der Waals surface area contributed by atoms with Gasteiger partial charge >= 0.3 is 5.97 Å². The van der Waals surface area contributed by atoms with E-state index in [0.29, 0.717) is 6.42 Å². The minimum atomic E-state index is -0.798. The lowest BCUT2D eigenvalue weighted by Gasteiger charge is -2.42. The molecule has 0 saturated heterocycles. The second kappa shape index (κ2) is 13.8. The average Bonchev–Trinajstić information content (AvgIpc) is 3.11. The molecule has 0 N–H and O–H groups in total. The van der Waals surface area contributed by atoms with Crippen molar-refractivity contribution in [2.45, 2.75) is 24.4 Å². The Kier molecular flexibility index (Phi) is 9.09. The molecule has 44 heavy (non-hydrogen) atoms. The molecule has 1 atom stereocenters. The zero-order valence-electron chi connectivity index (χ0n) is 24.7. The number of hydrogen-bond acceptors (Lipinski definition) is 2. The van der Waals surface area contributed by atoms with E-state index >= 15 is 4.79 Å². The second-order valence-electron chi connectivity index (χ2n) is 11.1. The average molecular weight is 573 g/mol. The van der Waals surface area contributed by atoms with Crippen molar-refractivity contribution < 1.29 is 9.53 Å². The second-order valence-corrected chi connectivity index (χ2v) is 11.1. The molecule has 6 aromatic carbocycles. The standard InChI is InChI=1S/C42H36O2/c43-41(44-40(34-21-9-2-10-22-34)35-23-11-3-12-24-35)39(32-31-33-19-7-1-8-20-33)42(36-25-13-4-14-26-36,37-27-15-5-16-28-37)38-29-17-6-18-30-38/h1-30,39-40H,31-32H2. The summed E-state index contributed by atoms with van der Waals surface area (Å²) < 4.78 is 6.70. The van der Waals surface area contributed by atoms with Crippen molar-refractivity contribution in [1.82, 2.24) is 0 Å². The van der Waals surface area contributed by atoms with E-state index in [1.807, 2.05) is 84.9 Å². The van der Waals surface area contributed by atoms with Gasteiger partial charge in [-0.05, 0) is 46.2 Å². The molecule has 0 aliphatic rings. The summed E-state index contributed by atoms with van der Waals surface area (Å²) in [6, 6.07) is 61.8. The predicted molar refractivity (Wildman–Crippen MR) is 178 cm³/mol. The molecule has 0 heterocycles. The van der Waals surface area contributed by atoms with E-state index in [1.54, 1.807) is 0 Å². The number of carbonyl (C=O) groups is 1. The van der Waals surface area contributed by atoms with Gasteiger partial charge in [0.15, 0.2) is 6.10 Å². The van der Waals surface area contributed by atoms with Crippen LogP contribution in [-0.2, 0) is 21.4 Å². The number of hydrogen-bond donors (Lipinski definition) is 0. The van der Waals surface area contributed by atoms with Crippen molar-refractivity contribution in [3.63, 3.8) is 0 Å². The molecule has 0 spiro atoms. The molecular weight excluding hydrogens is 536 g/mol. The van der Waals surface area contributed by atoms with Crippen molar-refractivity contribution in [2.24, 2.45) is 5.92 Å². The van der Waals surface area contributed by atoms with Crippen molar-refractivity contribution in [2.75, 3.05) is 0 Å². The number of esters is 1. The van der Waals surface area contributed by atoms with E-state index < -0.39 is 17.4 Å². The van der Waals surface area contributed by atoms with E-state index in [2.05, 4.69) is 97.1 Å². The summed E-state index contributed by atoms with van der Waals surface area (Å²) in [5, 5.41) is 0. The highest BCUT2D eigenvalue weighted by Gasteiger charge is 2.48. The maximum atomic E-state index is 15.1. The van der Waals surface area contributed by atoms with Crippen LogP contribution in [0.25, 0.3) is 0 Å². The number of aryl methyl sites for hydroxylation is 1. The van der Waals surface area contributed by atoms with Crippen LogP contribution >= 0.6 is 0 Å². The molecular formula is C42H36O2. The van der Waals surface area contributed by atoms with Crippen LogP contribution in [0.5, 0.6) is 0 Å². The largest absolute Gasteiger partial charge is 0.452 e. The molecule has 216 valence electrons. The van der Waals surface area contributed by atoms with Crippen LogP contribution in [0.3, 0.4) is 0 Å². The van der Waals surface area contributed by atoms with Gasteiger partial charge in [0.05, 0.1) is 11.3 Å². The number of ether oxygens (including phenoxy) is 1. The first kappa shape index (κ1) is 28.9. The van der Waals surface area contributed by atoms with Crippen molar-refractivity contribution in [3.05, 3.63) is 215 Å². The predicted octanol–water partition coefficient (Wildman–Crippen LogP) is 9.60. The van der Waals surface area contributed by atoms with Gasteiger partial charge in [0.25, 0.3) is 0 Å². The first-order valence-electron chi connectivity index (χ1n) is 15.3. The first-order valence-corrected chi connectivity index (χ1v) is 15.3. The SMILES string of the molecule is O=C(OC(c1ccccc1)c1ccccc1)C(CCc1ccccc1)C(c1ccccc1)(c1ccccc1)c1ccccc1. The molecule has 0 aliphatic carbocycles. The third-order valence-corrected chi connectivity index (χ3v) is 8.50. The molecule has 1 unspecified atom stereocenters. The highest BCUT2D eigenvalue weighted by molar-refractivity contribution is 5.78. The monoisotopic (exact) mass is 572 g/mol. The van der Waals surface area contributed by atoms with Gasteiger partial charge in [-0.3, -0.25) is 4.79 Å². The van der Waals surface area contributed by atoms with Gasteiger partial charge in [0.1, 0.15) is 0 Å². The summed E-state index contributed by atoms with van der Waals surface area (Å²) in [5.74, 6) is -0.764. The van der Waals surface area contributed by atoms with Crippen LogP contribution in [-0.4, -0.2) is 5.97 Å².